The first-order valence-electron chi connectivity index (χ1n) is 8.10. The smallest absolute Gasteiger partial charge is 0.271 e. The highest BCUT2D eigenvalue weighted by Gasteiger charge is 2.16. The molecule has 0 aliphatic heterocycles. The molecule has 29 heavy (non-hydrogen) atoms. The molecule has 0 spiro atoms. The highest BCUT2D eigenvalue weighted by Crippen LogP contribution is 2.26. The molecule has 9 heteroatoms. The zero-order valence-electron chi connectivity index (χ0n) is 14.6. The van der Waals surface area contributed by atoms with Crippen molar-refractivity contribution in [3.8, 4) is 17.4 Å². The predicted octanol–water partition coefficient (Wildman–Crippen LogP) is 5.30. The molecular formula is C20H11BrFN3O4. The van der Waals surface area contributed by atoms with Crippen LogP contribution in [0.2, 0.25) is 0 Å². The molecular weight excluding hydrogens is 445 g/mol. The standard InChI is InChI=1S/C20H11BrFN3O4/c21-14-3-1-12(2-4-14)19-8-6-16(29-19)9-13(11-23)20(26)24-18-10-15(25(27)28)5-7-17(18)22/h1-10H,(H,24,26)/b13-9+. The Bertz CT molecular complexity index is 1160. The van der Waals surface area contributed by atoms with Gasteiger partial charge in [0.25, 0.3) is 11.6 Å². The summed E-state index contributed by atoms with van der Waals surface area (Å²) in [6.45, 7) is 0. The monoisotopic (exact) mass is 455 g/mol. The Morgan fingerprint density at radius 3 is 2.59 bits per heavy atom. The van der Waals surface area contributed by atoms with Crippen molar-refractivity contribution in [3.05, 3.63) is 86.3 Å². The summed E-state index contributed by atoms with van der Waals surface area (Å²) in [5.74, 6) is -1.01. The number of carbonyl (C=O) groups excluding carboxylic acids is 1. The molecule has 0 aliphatic carbocycles. The minimum absolute atomic E-state index is 0.245. The molecule has 144 valence electrons. The molecule has 1 heterocycles. The zero-order valence-corrected chi connectivity index (χ0v) is 16.1. The normalized spacial score (nSPS) is 11.0. The lowest BCUT2D eigenvalue weighted by atomic mass is 10.2. The number of hydrogen-bond donors (Lipinski definition) is 1. The quantitative estimate of drug-likeness (QED) is 0.243. The number of amides is 1. The molecule has 0 aliphatic rings. The first-order valence-corrected chi connectivity index (χ1v) is 8.89. The van der Waals surface area contributed by atoms with Gasteiger partial charge in [0.2, 0.25) is 0 Å². The van der Waals surface area contributed by atoms with Gasteiger partial charge in [-0.1, -0.05) is 28.1 Å². The Labute approximate surface area is 172 Å². The van der Waals surface area contributed by atoms with Crippen LogP contribution >= 0.6 is 15.9 Å². The lowest BCUT2D eigenvalue weighted by Crippen LogP contribution is -2.14. The first-order chi connectivity index (χ1) is 13.9. The Morgan fingerprint density at radius 2 is 1.93 bits per heavy atom. The number of benzene rings is 2. The van der Waals surface area contributed by atoms with E-state index in [-0.39, 0.29) is 11.3 Å². The van der Waals surface area contributed by atoms with Gasteiger partial charge in [0.05, 0.1) is 10.6 Å². The van der Waals surface area contributed by atoms with Gasteiger partial charge in [-0.25, -0.2) is 4.39 Å². The number of nitriles is 1. The molecule has 2 aromatic carbocycles. The van der Waals surface area contributed by atoms with Crippen molar-refractivity contribution in [3.63, 3.8) is 0 Å². The van der Waals surface area contributed by atoms with Gasteiger partial charge in [0, 0.05) is 28.2 Å². The average Bonchev–Trinajstić information content (AvgIpc) is 3.16. The number of nitro groups is 1. The minimum Gasteiger partial charge on any atom is -0.457 e. The van der Waals surface area contributed by atoms with E-state index in [0.717, 1.165) is 28.2 Å². The minimum atomic E-state index is -0.923. The number of carbonyl (C=O) groups is 1. The van der Waals surface area contributed by atoms with Gasteiger partial charge in [-0.05, 0) is 30.3 Å². The van der Waals surface area contributed by atoms with Crippen molar-refractivity contribution in [1.82, 2.24) is 0 Å². The molecule has 0 saturated carbocycles. The Kier molecular flexibility index (Phi) is 5.85. The highest BCUT2D eigenvalue weighted by molar-refractivity contribution is 9.10. The van der Waals surface area contributed by atoms with Crippen LogP contribution in [0.5, 0.6) is 0 Å². The highest BCUT2D eigenvalue weighted by atomic mass is 79.9. The van der Waals surface area contributed by atoms with Crippen molar-refractivity contribution in [1.29, 1.82) is 5.26 Å². The van der Waals surface area contributed by atoms with E-state index in [9.17, 15) is 24.6 Å². The predicted molar refractivity (Wildman–Crippen MR) is 107 cm³/mol. The van der Waals surface area contributed by atoms with Gasteiger partial charge in [0.15, 0.2) is 0 Å². The Hall–Kier alpha value is -3.77. The second-order valence-corrected chi connectivity index (χ2v) is 6.67. The van der Waals surface area contributed by atoms with Crippen LogP contribution < -0.4 is 5.32 Å². The van der Waals surface area contributed by atoms with E-state index < -0.39 is 28.0 Å². The maximum absolute atomic E-state index is 13.8. The summed E-state index contributed by atoms with van der Waals surface area (Å²) in [7, 11) is 0. The third-order valence-corrected chi connectivity index (χ3v) is 4.34. The number of nitrogens with one attached hydrogen (secondary N) is 1. The van der Waals surface area contributed by atoms with Crippen molar-refractivity contribution < 1.29 is 18.5 Å². The molecule has 3 aromatic rings. The summed E-state index contributed by atoms with van der Waals surface area (Å²) >= 11 is 3.34. The van der Waals surface area contributed by atoms with Crippen LogP contribution in [0.3, 0.4) is 0 Å². The SMILES string of the molecule is N#C/C(=C\c1ccc(-c2ccc(Br)cc2)o1)C(=O)Nc1cc([N+](=O)[O-])ccc1F. The number of furan rings is 1. The number of nitrogens with zero attached hydrogens (tertiary/aromatic N) is 2. The van der Waals surface area contributed by atoms with Crippen LogP contribution in [0.25, 0.3) is 17.4 Å². The van der Waals surface area contributed by atoms with E-state index in [1.54, 1.807) is 18.2 Å². The summed E-state index contributed by atoms with van der Waals surface area (Å²) in [6, 6.07) is 15.0. The molecule has 7 nitrogen and oxygen atoms in total. The van der Waals surface area contributed by atoms with Crippen LogP contribution in [0.1, 0.15) is 5.76 Å². The first kappa shape index (κ1) is 20.0. The molecule has 0 atom stereocenters. The second kappa shape index (κ2) is 8.50. The van der Waals surface area contributed by atoms with Gasteiger partial charge in [-0.2, -0.15) is 5.26 Å². The van der Waals surface area contributed by atoms with Crippen molar-refractivity contribution in [2.45, 2.75) is 0 Å². The molecule has 0 saturated heterocycles. The van der Waals surface area contributed by atoms with E-state index in [2.05, 4.69) is 21.2 Å². The lowest BCUT2D eigenvalue weighted by Gasteiger charge is -2.05. The molecule has 0 fully saturated rings. The molecule has 0 radical (unpaired) electrons. The fourth-order valence-electron chi connectivity index (χ4n) is 2.40. The van der Waals surface area contributed by atoms with Gasteiger partial charge < -0.3 is 9.73 Å². The average molecular weight is 456 g/mol. The van der Waals surface area contributed by atoms with Crippen molar-refractivity contribution >= 4 is 39.3 Å². The fourth-order valence-corrected chi connectivity index (χ4v) is 2.67. The molecule has 3 rings (SSSR count). The second-order valence-electron chi connectivity index (χ2n) is 5.75. The maximum Gasteiger partial charge on any atom is 0.271 e. The molecule has 0 unspecified atom stereocenters. The van der Waals surface area contributed by atoms with E-state index in [4.69, 9.17) is 4.42 Å². The molecule has 1 amide bonds. The van der Waals surface area contributed by atoms with E-state index in [1.165, 1.54) is 6.08 Å². The third-order valence-electron chi connectivity index (χ3n) is 3.82. The number of anilines is 1. The van der Waals surface area contributed by atoms with Crippen LogP contribution in [-0.4, -0.2) is 10.8 Å². The Morgan fingerprint density at radius 1 is 1.21 bits per heavy atom. The molecule has 1 aromatic heterocycles. The van der Waals surface area contributed by atoms with Gasteiger partial charge in [-0.3, -0.25) is 14.9 Å². The summed E-state index contributed by atoms with van der Waals surface area (Å²) in [4.78, 5) is 22.4. The van der Waals surface area contributed by atoms with Gasteiger partial charge in [-0.15, -0.1) is 0 Å². The zero-order chi connectivity index (χ0) is 21.0. The number of halogens is 2. The largest absolute Gasteiger partial charge is 0.457 e. The van der Waals surface area contributed by atoms with Crippen molar-refractivity contribution in [2.24, 2.45) is 0 Å². The molecule has 1 N–H and O–H groups in total. The van der Waals surface area contributed by atoms with E-state index in [0.29, 0.717) is 5.76 Å². The topological polar surface area (TPSA) is 109 Å². The van der Waals surface area contributed by atoms with Crippen LogP contribution in [-0.2, 0) is 4.79 Å². The number of nitro benzene ring substituents is 1. The molecule has 0 bridgehead atoms. The summed E-state index contributed by atoms with van der Waals surface area (Å²) in [5.41, 5.74) is -0.350. The van der Waals surface area contributed by atoms with Crippen LogP contribution in [0.4, 0.5) is 15.8 Å². The van der Waals surface area contributed by atoms with Gasteiger partial charge in [0.1, 0.15) is 29.0 Å². The fraction of sp³-hybridized carbons (Fsp3) is 0. The number of non-ortho nitro benzene ring substituents is 1. The van der Waals surface area contributed by atoms with Gasteiger partial charge >= 0.3 is 0 Å². The lowest BCUT2D eigenvalue weighted by molar-refractivity contribution is -0.384. The number of hydrogen-bond acceptors (Lipinski definition) is 5. The summed E-state index contributed by atoms with van der Waals surface area (Å²) in [6.07, 6.45) is 1.20. The summed E-state index contributed by atoms with van der Waals surface area (Å²) < 4.78 is 20.4. The Balaban J connectivity index is 1.83. The van der Waals surface area contributed by atoms with Crippen LogP contribution in [0, 0.1) is 27.3 Å². The van der Waals surface area contributed by atoms with E-state index in [1.807, 2.05) is 24.3 Å². The summed E-state index contributed by atoms with van der Waals surface area (Å²) in [5, 5.41) is 22.3. The number of rotatable bonds is 5. The maximum atomic E-state index is 13.8. The van der Waals surface area contributed by atoms with E-state index >= 15 is 0 Å². The van der Waals surface area contributed by atoms with Crippen LogP contribution in [0.15, 0.2) is 69.1 Å². The van der Waals surface area contributed by atoms with Crippen molar-refractivity contribution in [2.75, 3.05) is 5.32 Å². The third kappa shape index (κ3) is 4.75.